The summed E-state index contributed by atoms with van der Waals surface area (Å²) >= 11 is 0. The van der Waals surface area contributed by atoms with Crippen LogP contribution in [0.2, 0.25) is 0 Å². The Bertz CT molecular complexity index is 2780. The van der Waals surface area contributed by atoms with Gasteiger partial charge in [0.2, 0.25) is 5.91 Å². The number of hydrogen-bond acceptors (Lipinski definition) is 38. The maximum Gasteiger partial charge on any atom is 0.220 e. The Kier molecular flexibility index (Phi) is 50.7. The van der Waals surface area contributed by atoms with Gasteiger partial charge in [-0.15, -0.1) is 0 Å². The van der Waals surface area contributed by atoms with Gasteiger partial charge >= 0.3 is 0 Å². The first-order valence-electron chi connectivity index (χ1n) is 45.5. The Morgan fingerprint density at radius 3 is 0.837 bits per heavy atom. The number of ether oxygens (including phenoxy) is 14. The molecule has 7 rings (SSSR count). The van der Waals surface area contributed by atoms with Crippen LogP contribution in [0.1, 0.15) is 232 Å². The van der Waals surface area contributed by atoms with Crippen molar-refractivity contribution in [2.45, 2.75) is 459 Å². The molecule has 7 saturated heterocycles. The predicted octanol–water partition coefficient (Wildman–Crippen LogP) is -2.55. The Labute approximate surface area is 721 Å². The summed E-state index contributed by atoms with van der Waals surface area (Å²) in [6.45, 7) is -3.16. The molecule has 7 heterocycles. The average Bonchev–Trinajstić information content (AvgIpc) is 0.737. The number of allylic oxidation sites excluding steroid dienone is 1. The van der Waals surface area contributed by atoms with Gasteiger partial charge in [0.1, 0.15) is 171 Å². The Morgan fingerprint density at radius 2 is 0.528 bits per heavy atom. The van der Waals surface area contributed by atoms with Crippen molar-refractivity contribution >= 4 is 5.91 Å². The van der Waals surface area contributed by atoms with Gasteiger partial charge in [0.15, 0.2) is 44.0 Å². The minimum atomic E-state index is -2.34. The number of carbonyl (C=O) groups is 1. The van der Waals surface area contributed by atoms with Crippen LogP contribution in [0.15, 0.2) is 12.2 Å². The second-order valence-electron chi connectivity index (χ2n) is 34.1. The first-order chi connectivity index (χ1) is 59.3. The van der Waals surface area contributed by atoms with Gasteiger partial charge in [-0.2, -0.15) is 0 Å². The SMILES string of the molecule is CCCCCCCCCCCCC/C=C/[C@@H](O)[C@H](CO[C@@H]1OC(CO)[C@@H](O[C@@H]2OC(CO)[C@H](O[C@@H]3OC(CO)[C@H](O)[C@H](O[C@H]4OC(CO)[C@H](O)[C@H](O[C@H]5OC(CO)[C@H](O)[C@H](O[C@H]6OC(CO)[C@H](O)[C@H](O[C@H]7OC(CO)[C@H](O)[C@H](O)C7O)C6O)C5O)C4O)C3O)[C@H](O)C2O)[C@H](O)C1O)NC(=O)CCCCCCCCCCCCCCCCCCCCCCC. The summed E-state index contributed by atoms with van der Waals surface area (Å²) < 4.78 is 80.7. The highest BCUT2D eigenvalue weighted by Crippen LogP contribution is 2.39. The van der Waals surface area contributed by atoms with Crippen LogP contribution < -0.4 is 5.32 Å². The van der Waals surface area contributed by atoms with Crippen LogP contribution in [0.25, 0.3) is 0 Å². The molecule has 37 atom stereocenters. The molecule has 7 aliphatic heterocycles. The smallest absolute Gasteiger partial charge is 0.220 e. The number of hydrogen-bond donors (Lipinski definition) is 24. The molecule has 0 radical (unpaired) electrons. The number of rotatable bonds is 59. The zero-order chi connectivity index (χ0) is 89.7. The third-order valence-electron chi connectivity index (χ3n) is 24.5. The lowest BCUT2D eigenvalue weighted by Gasteiger charge is -2.50. The molecule has 24 N–H and O–H groups in total. The lowest BCUT2D eigenvalue weighted by molar-refractivity contribution is -0.400. The number of carbonyl (C=O) groups excluding carboxylic acids is 1. The predicted molar refractivity (Wildman–Crippen MR) is 431 cm³/mol. The van der Waals surface area contributed by atoms with E-state index in [-0.39, 0.29) is 12.3 Å². The van der Waals surface area contributed by atoms with E-state index >= 15 is 0 Å². The van der Waals surface area contributed by atoms with Crippen molar-refractivity contribution < 1.29 is 189 Å². The van der Waals surface area contributed by atoms with Gasteiger partial charge < -0.3 is 189 Å². The van der Waals surface area contributed by atoms with Crippen LogP contribution in [0.3, 0.4) is 0 Å². The summed E-state index contributed by atoms with van der Waals surface area (Å²) in [4.78, 5) is 13.6. The number of aliphatic hydroxyl groups is 23. The maximum absolute atomic E-state index is 13.6. The largest absolute Gasteiger partial charge is 0.394 e. The molecule has 0 aromatic rings. The van der Waals surface area contributed by atoms with Crippen LogP contribution in [-0.4, -0.2) is 403 Å². The van der Waals surface area contributed by atoms with E-state index in [1.807, 2.05) is 6.08 Å². The van der Waals surface area contributed by atoms with Crippen molar-refractivity contribution in [2.75, 3.05) is 52.9 Å². The van der Waals surface area contributed by atoms with Crippen LogP contribution in [-0.2, 0) is 71.1 Å². The standard InChI is InChI=1S/C84H153NO38/c1-3-5-7-9-11-13-15-17-18-19-20-21-22-23-24-26-28-30-32-34-36-38-56(94)85-47(48(93)37-35-33-31-29-27-25-16-14-12-10-8-6-4-2)46-110-78-66(104)63(101)72(54(44-91)116-78)118-80-67(105)64(102)73(55(45-92)117-80)119-81-68(106)75(59(97)50(40-87)112-81)121-83-70(108)77(61(99)52(42-89)114-83)123-84-71(109)76(60(98)53(43-90)115-84)122-82-69(107)74(58(96)51(41-88)113-82)120-79-65(103)62(100)57(95)49(39-86)111-79/h35,37,47-55,57-84,86-93,95-109H,3-34,36,38-46H2,1-2H3,(H,85,94)/b37-35+/t47-,48+,49?,50?,51?,52?,53?,54?,55?,57-,58-,59-,60-,61-,62-,63+,64+,65?,66?,67?,68?,69?,70?,71?,72+,73-,74-,75-,76-,77-,78+,79+,80-,81-,82+,83+,84+/m0/s1. The van der Waals surface area contributed by atoms with Crippen LogP contribution in [0, 0.1) is 0 Å². The average molecular weight is 1790 g/mol. The third kappa shape index (κ3) is 32.3. The highest BCUT2D eigenvalue weighted by molar-refractivity contribution is 5.76. The van der Waals surface area contributed by atoms with Crippen molar-refractivity contribution in [3.63, 3.8) is 0 Å². The van der Waals surface area contributed by atoms with E-state index in [0.717, 1.165) is 51.4 Å². The minimum Gasteiger partial charge on any atom is -0.394 e. The Morgan fingerprint density at radius 1 is 0.285 bits per heavy atom. The van der Waals surface area contributed by atoms with Gasteiger partial charge in [-0.3, -0.25) is 4.79 Å². The van der Waals surface area contributed by atoms with E-state index in [0.29, 0.717) is 12.8 Å². The van der Waals surface area contributed by atoms with E-state index in [2.05, 4.69) is 19.2 Å². The van der Waals surface area contributed by atoms with Crippen molar-refractivity contribution in [2.24, 2.45) is 0 Å². The molecule has 0 aromatic carbocycles. The van der Waals surface area contributed by atoms with Crippen molar-refractivity contribution in [1.82, 2.24) is 5.32 Å². The Hall–Kier alpha value is -2.27. The fourth-order valence-corrected chi connectivity index (χ4v) is 16.8. The topological polar surface area (TPSA) is 624 Å². The second kappa shape index (κ2) is 57.9. The molecule has 7 aliphatic rings. The summed E-state index contributed by atoms with van der Waals surface area (Å²) in [6, 6.07) is -1.07. The molecule has 1 amide bonds. The zero-order valence-corrected chi connectivity index (χ0v) is 71.6. The molecule has 0 saturated carbocycles. The van der Waals surface area contributed by atoms with Crippen LogP contribution >= 0.6 is 0 Å². The van der Waals surface area contributed by atoms with Gasteiger partial charge in [-0.25, -0.2) is 0 Å². The highest BCUT2D eigenvalue weighted by atomic mass is 16.8. The lowest BCUT2D eigenvalue weighted by atomic mass is 9.95. The van der Waals surface area contributed by atoms with E-state index in [9.17, 15) is 122 Å². The van der Waals surface area contributed by atoms with Crippen molar-refractivity contribution in [3.8, 4) is 0 Å². The summed E-state index contributed by atoms with van der Waals surface area (Å²) in [5.74, 6) is -0.342. The first-order valence-corrected chi connectivity index (χ1v) is 45.5. The van der Waals surface area contributed by atoms with E-state index in [4.69, 9.17) is 66.3 Å². The highest BCUT2D eigenvalue weighted by Gasteiger charge is 2.59. The molecule has 14 unspecified atom stereocenters. The van der Waals surface area contributed by atoms with Crippen molar-refractivity contribution in [1.29, 1.82) is 0 Å². The summed E-state index contributed by atoms with van der Waals surface area (Å²) in [7, 11) is 0. The summed E-state index contributed by atoms with van der Waals surface area (Å²) in [5.41, 5.74) is 0. The monoisotopic (exact) mass is 1780 g/mol. The number of aliphatic hydroxyl groups excluding tert-OH is 23. The van der Waals surface area contributed by atoms with E-state index in [1.54, 1.807) is 6.08 Å². The molecule has 0 spiro atoms. The van der Waals surface area contributed by atoms with Crippen LogP contribution in [0.5, 0.6) is 0 Å². The van der Waals surface area contributed by atoms with Gasteiger partial charge in [0.25, 0.3) is 0 Å². The Balaban J connectivity index is 0.922. The molecule has 0 aliphatic carbocycles. The van der Waals surface area contributed by atoms with Gasteiger partial charge in [0, 0.05) is 6.42 Å². The fourth-order valence-electron chi connectivity index (χ4n) is 16.8. The molecular weight excluding hydrogens is 1630 g/mol. The molecule has 722 valence electrons. The maximum atomic E-state index is 13.6. The number of amides is 1. The molecule has 0 bridgehead atoms. The normalized spacial score (nSPS) is 38.9. The molecular formula is C84H153NO38. The van der Waals surface area contributed by atoms with E-state index in [1.165, 1.54) is 148 Å². The molecule has 0 aromatic heterocycles. The lowest BCUT2D eigenvalue weighted by Crippen LogP contribution is -2.68. The van der Waals surface area contributed by atoms with Crippen molar-refractivity contribution in [3.05, 3.63) is 12.2 Å². The van der Waals surface area contributed by atoms with Gasteiger partial charge in [-0.05, 0) is 19.3 Å². The quantitative estimate of drug-likeness (QED) is 0.0220. The summed E-state index contributed by atoms with van der Waals surface area (Å²) in [6.07, 6.45) is -28.9. The van der Waals surface area contributed by atoms with Gasteiger partial charge in [0.05, 0.1) is 65.0 Å². The van der Waals surface area contributed by atoms with Crippen LogP contribution in [0.4, 0.5) is 0 Å². The number of unbranched alkanes of at least 4 members (excludes halogenated alkanes) is 31. The molecule has 39 nitrogen and oxygen atoms in total. The van der Waals surface area contributed by atoms with Gasteiger partial charge in [-0.1, -0.05) is 219 Å². The molecule has 39 heteroatoms. The summed E-state index contributed by atoms with van der Waals surface area (Å²) in [5, 5.41) is 258. The zero-order valence-electron chi connectivity index (χ0n) is 71.6. The first kappa shape index (κ1) is 108. The third-order valence-corrected chi connectivity index (χ3v) is 24.5. The second-order valence-corrected chi connectivity index (χ2v) is 34.1. The molecule has 7 fully saturated rings. The number of nitrogens with one attached hydrogen (secondary N) is 1. The molecule has 123 heavy (non-hydrogen) atoms. The van der Waals surface area contributed by atoms with E-state index < -0.39 is 280 Å². The fraction of sp³-hybridized carbons (Fsp3) is 0.964. The minimum absolute atomic E-state index is 0.174.